The number of aryl methyl sites for hydroxylation is 2. The molecule has 4 nitrogen and oxygen atoms in total. The van der Waals surface area contributed by atoms with Gasteiger partial charge >= 0.3 is 5.97 Å². The number of hydrogen-bond acceptors (Lipinski definition) is 4. The Balaban J connectivity index is 1.81. The van der Waals surface area contributed by atoms with Crippen molar-refractivity contribution in [1.29, 1.82) is 0 Å². The van der Waals surface area contributed by atoms with Gasteiger partial charge in [0.1, 0.15) is 0 Å². The lowest BCUT2D eigenvalue weighted by atomic mass is 10.1. The average molecular weight is 378 g/mol. The van der Waals surface area contributed by atoms with Crippen LogP contribution in [0.4, 0.5) is 5.69 Å². The second-order valence-electron chi connectivity index (χ2n) is 5.66. The van der Waals surface area contributed by atoms with Crippen LogP contribution in [-0.4, -0.2) is 23.7 Å². The summed E-state index contributed by atoms with van der Waals surface area (Å²) < 4.78 is 5.19. The van der Waals surface area contributed by atoms with E-state index < -0.39 is 12.1 Å². The van der Waals surface area contributed by atoms with Crippen LogP contribution in [0.3, 0.4) is 0 Å². The zero-order valence-corrected chi connectivity index (χ0v) is 15.9. The van der Waals surface area contributed by atoms with Gasteiger partial charge in [-0.2, -0.15) is 0 Å². The first-order valence-corrected chi connectivity index (χ1v) is 9.17. The lowest BCUT2D eigenvalue weighted by Gasteiger charge is -2.13. The van der Waals surface area contributed by atoms with Crippen LogP contribution >= 0.6 is 23.4 Å². The van der Waals surface area contributed by atoms with Crippen molar-refractivity contribution in [2.45, 2.75) is 31.8 Å². The van der Waals surface area contributed by atoms with Gasteiger partial charge in [0.05, 0.1) is 5.75 Å². The number of anilines is 1. The minimum Gasteiger partial charge on any atom is -0.452 e. The van der Waals surface area contributed by atoms with Crippen LogP contribution in [0.1, 0.15) is 18.1 Å². The van der Waals surface area contributed by atoms with Gasteiger partial charge < -0.3 is 10.1 Å². The maximum atomic E-state index is 12.1. The number of thioether (sulfide) groups is 1. The van der Waals surface area contributed by atoms with E-state index in [2.05, 4.69) is 5.32 Å². The second kappa shape index (κ2) is 8.92. The predicted octanol–water partition coefficient (Wildman–Crippen LogP) is 4.62. The Bertz CT molecular complexity index is 762. The fraction of sp³-hybridized carbons (Fsp3) is 0.263. The fourth-order valence-electron chi connectivity index (χ4n) is 2.01. The number of amides is 1. The van der Waals surface area contributed by atoms with Gasteiger partial charge in [0, 0.05) is 15.6 Å². The smallest absolute Gasteiger partial charge is 0.317 e. The first-order valence-electron chi connectivity index (χ1n) is 7.81. The number of rotatable bonds is 6. The first-order chi connectivity index (χ1) is 11.8. The highest BCUT2D eigenvalue weighted by Gasteiger charge is 2.18. The van der Waals surface area contributed by atoms with E-state index in [0.29, 0.717) is 10.7 Å². The molecule has 0 aliphatic rings. The molecule has 0 aliphatic heterocycles. The maximum absolute atomic E-state index is 12.1. The molecule has 1 N–H and O–H groups in total. The normalized spacial score (nSPS) is 11.7. The molecule has 0 spiro atoms. The van der Waals surface area contributed by atoms with E-state index in [1.807, 2.05) is 32.0 Å². The quantitative estimate of drug-likeness (QED) is 0.589. The molecule has 25 heavy (non-hydrogen) atoms. The third kappa shape index (κ3) is 6.11. The van der Waals surface area contributed by atoms with E-state index in [9.17, 15) is 9.59 Å². The number of nitrogens with one attached hydrogen (secondary N) is 1. The van der Waals surface area contributed by atoms with E-state index in [1.54, 1.807) is 31.2 Å². The molecule has 0 bridgehead atoms. The van der Waals surface area contributed by atoms with Crippen LogP contribution in [0.25, 0.3) is 0 Å². The van der Waals surface area contributed by atoms with Gasteiger partial charge in [-0.25, -0.2) is 0 Å². The highest BCUT2D eigenvalue weighted by atomic mass is 35.5. The van der Waals surface area contributed by atoms with Gasteiger partial charge in [-0.1, -0.05) is 17.7 Å². The van der Waals surface area contributed by atoms with Gasteiger partial charge in [-0.15, -0.1) is 11.8 Å². The number of ether oxygens (including phenoxy) is 1. The monoisotopic (exact) mass is 377 g/mol. The molecule has 1 atom stereocenters. The molecule has 2 aromatic rings. The third-order valence-corrected chi connectivity index (χ3v) is 4.84. The average Bonchev–Trinajstić information content (AvgIpc) is 2.58. The van der Waals surface area contributed by atoms with Gasteiger partial charge in [-0.3, -0.25) is 9.59 Å². The summed E-state index contributed by atoms with van der Waals surface area (Å²) in [5.74, 6) is -0.657. The number of carbonyl (C=O) groups is 2. The minimum atomic E-state index is -0.872. The summed E-state index contributed by atoms with van der Waals surface area (Å²) in [5.41, 5.74) is 2.98. The summed E-state index contributed by atoms with van der Waals surface area (Å²) in [6.07, 6.45) is -0.872. The highest BCUT2D eigenvalue weighted by Crippen LogP contribution is 2.21. The Morgan fingerprint density at radius 2 is 1.80 bits per heavy atom. The number of esters is 1. The van der Waals surface area contributed by atoms with Crippen molar-refractivity contribution in [2.24, 2.45) is 0 Å². The van der Waals surface area contributed by atoms with E-state index in [1.165, 1.54) is 22.9 Å². The van der Waals surface area contributed by atoms with Crippen molar-refractivity contribution in [3.8, 4) is 0 Å². The molecular formula is C19H20ClNO3S. The van der Waals surface area contributed by atoms with E-state index in [4.69, 9.17) is 16.3 Å². The van der Waals surface area contributed by atoms with Crippen LogP contribution in [0, 0.1) is 13.8 Å². The summed E-state index contributed by atoms with van der Waals surface area (Å²) in [7, 11) is 0. The molecule has 1 amide bonds. The number of carbonyl (C=O) groups excluding carboxylic acids is 2. The molecule has 0 aliphatic carbocycles. The molecular weight excluding hydrogens is 358 g/mol. The van der Waals surface area contributed by atoms with Gasteiger partial charge in [0.2, 0.25) is 0 Å². The second-order valence-corrected chi connectivity index (χ2v) is 7.15. The Labute approximate surface area is 156 Å². The van der Waals surface area contributed by atoms with E-state index in [-0.39, 0.29) is 11.7 Å². The van der Waals surface area contributed by atoms with Crippen LogP contribution in [-0.2, 0) is 14.3 Å². The molecule has 132 valence electrons. The van der Waals surface area contributed by atoms with Crippen molar-refractivity contribution in [3.05, 3.63) is 58.6 Å². The number of benzene rings is 2. The molecule has 0 saturated heterocycles. The standard InChI is InChI=1S/C19H20ClNO3S/c1-12-4-9-17(10-13(12)2)25-11-18(22)24-14(3)19(23)21-16-7-5-15(20)6-8-16/h4-10,14H,11H2,1-3H3,(H,21,23)/t14-/m0/s1. The highest BCUT2D eigenvalue weighted by molar-refractivity contribution is 8.00. The van der Waals surface area contributed by atoms with Crippen LogP contribution in [0.15, 0.2) is 47.4 Å². The summed E-state index contributed by atoms with van der Waals surface area (Å²) >= 11 is 7.19. The minimum absolute atomic E-state index is 0.154. The van der Waals surface area contributed by atoms with Crippen LogP contribution in [0.5, 0.6) is 0 Å². The molecule has 0 aromatic heterocycles. The Morgan fingerprint density at radius 1 is 1.12 bits per heavy atom. The summed E-state index contributed by atoms with van der Waals surface area (Å²) in [4.78, 5) is 25.0. The van der Waals surface area contributed by atoms with E-state index >= 15 is 0 Å². The zero-order valence-electron chi connectivity index (χ0n) is 14.3. The first kappa shape index (κ1) is 19.3. The van der Waals surface area contributed by atoms with Crippen LogP contribution in [0.2, 0.25) is 5.02 Å². The van der Waals surface area contributed by atoms with Crippen molar-refractivity contribution in [2.75, 3.05) is 11.1 Å². The molecule has 0 radical (unpaired) electrons. The Morgan fingerprint density at radius 3 is 2.44 bits per heavy atom. The zero-order chi connectivity index (χ0) is 18.4. The Kier molecular flexibility index (Phi) is 6.91. The Hall–Kier alpha value is -1.98. The van der Waals surface area contributed by atoms with Gasteiger partial charge in [-0.05, 0) is 68.3 Å². The number of hydrogen-bond donors (Lipinski definition) is 1. The fourth-order valence-corrected chi connectivity index (χ4v) is 2.91. The van der Waals surface area contributed by atoms with Gasteiger partial charge in [0.25, 0.3) is 5.91 Å². The molecule has 0 fully saturated rings. The van der Waals surface area contributed by atoms with Crippen LogP contribution < -0.4 is 5.32 Å². The lowest BCUT2D eigenvalue weighted by Crippen LogP contribution is -2.30. The van der Waals surface area contributed by atoms with E-state index in [0.717, 1.165) is 4.90 Å². The summed E-state index contributed by atoms with van der Waals surface area (Å²) in [6.45, 7) is 5.61. The molecule has 0 saturated carbocycles. The SMILES string of the molecule is Cc1ccc(SCC(=O)O[C@@H](C)C(=O)Nc2ccc(Cl)cc2)cc1C. The lowest BCUT2D eigenvalue weighted by molar-refractivity contribution is -0.150. The molecule has 0 unspecified atom stereocenters. The van der Waals surface area contributed by atoms with Crippen molar-refractivity contribution in [1.82, 2.24) is 0 Å². The largest absolute Gasteiger partial charge is 0.452 e. The van der Waals surface area contributed by atoms with Crippen molar-refractivity contribution < 1.29 is 14.3 Å². The predicted molar refractivity (Wildman–Crippen MR) is 102 cm³/mol. The molecule has 2 rings (SSSR count). The molecule has 2 aromatic carbocycles. The maximum Gasteiger partial charge on any atom is 0.317 e. The van der Waals surface area contributed by atoms with Crippen molar-refractivity contribution >= 4 is 40.9 Å². The summed E-state index contributed by atoms with van der Waals surface area (Å²) in [6, 6.07) is 12.7. The summed E-state index contributed by atoms with van der Waals surface area (Å²) in [5, 5.41) is 3.26. The van der Waals surface area contributed by atoms with Gasteiger partial charge in [0.15, 0.2) is 6.10 Å². The third-order valence-electron chi connectivity index (χ3n) is 3.62. The molecule has 0 heterocycles. The van der Waals surface area contributed by atoms with Crippen molar-refractivity contribution in [3.63, 3.8) is 0 Å². The molecule has 6 heteroatoms. The number of halogens is 1. The topological polar surface area (TPSA) is 55.4 Å².